The summed E-state index contributed by atoms with van der Waals surface area (Å²) in [5, 5.41) is 3.40. The van der Waals surface area contributed by atoms with Crippen molar-refractivity contribution >= 4 is 11.3 Å². The van der Waals surface area contributed by atoms with Gasteiger partial charge < -0.3 is 4.74 Å². The van der Waals surface area contributed by atoms with Crippen LogP contribution in [0.5, 0.6) is 5.75 Å². The van der Waals surface area contributed by atoms with E-state index in [1.807, 2.05) is 18.2 Å². The molecule has 1 heterocycles. The molecule has 1 saturated carbocycles. The van der Waals surface area contributed by atoms with E-state index in [1.54, 1.807) is 18.4 Å². The first kappa shape index (κ1) is 10.8. The SMILES string of the molecule is COc1ccccc1Cc1nc(C2CC2)cs1. The molecule has 3 rings (SSSR count). The van der Waals surface area contributed by atoms with Crippen molar-refractivity contribution < 1.29 is 4.74 Å². The van der Waals surface area contributed by atoms with E-state index >= 15 is 0 Å². The van der Waals surface area contributed by atoms with Crippen LogP contribution in [0.25, 0.3) is 0 Å². The van der Waals surface area contributed by atoms with Gasteiger partial charge in [0.1, 0.15) is 5.75 Å². The van der Waals surface area contributed by atoms with Crippen LogP contribution in [0.2, 0.25) is 0 Å². The molecule has 1 fully saturated rings. The Labute approximate surface area is 105 Å². The number of benzene rings is 1. The first-order valence-corrected chi connectivity index (χ1v) is 6.81. The Hall–Kier alpha value is -1.35. The van der Waals surface area contributed by atoms with E-state index in [1.165, 1.54) is 29.1 Å². The van der Waals surface area contributed by atoms with Crippen molar-refractivity contribution in [1.29, 1.82) is 0 Å². The first-order valence-electron chi connectivity index (χ1n) is 5.93. The fourth-order valence-electron chi connectivity index (χ4n) is 1.98. The number of para-hydroxylation sites is 1. The largest absolute Gasteiger partial charge is 0.496 e. The molecule has 0 aliphatic heterocycles. The smallest absolute Gasteiger partial charge is 0.122 e. The van der Waals surface area contributed by atoms with Gasteiger partial charge in [0.05, 0.1) is 17.8 Å². The number of rotatable bonds is 4. The third kappa shape index (κ3) is 2.34. The lowest BCUT2D eigenvalue weighted by Gasteiger charge is -2.05. The molecule has 0 atom stereocenters. The molecule has 0 radical (unpaired) electrons. The monoisotopic (exact) mass is 245 g/mol. The molecule has 2 aromatic rings. The number of ether oxygens (including phenoxy) is 1. The number of hydrogen-bond donors (Lipinski definition) is 0. The maximum Gasteiger partial charge on any atom is 0.122 e. The summed E-state index contributed by atoms with van der Waals surface area (Å²) in [6.07, 6.45) is 3.51. The van der Waals surface area contributed by atoms with Crippen molar-refractivity contribution in [3.05, 3.63) is 45.9 Å². The van der Waals surface area contributed by atoms with Gasteiger partial charge in [0.25, 0.3) is 0 Å². The predicted molar refractivity (Wildman–Crippen MR) is 69.9 cm³/mol. The Bertz CT molecular complexity index is 516. The Kier molecular flexibility index (Phi) is 2.85. The Balaban J connectivity index is 1.80. The van der Waals surface area contributed by atoms with Crippen molar-refractivity contribution in [2.24, 2.45) is 0 Å². The highest BCUT2D eigenvalue weighted by Gasteiger charge is 2.26. The van der Waals surface area contributed by atoms with Gasteiger partial charge in [-0.3, -0.25) is 0 Å². The van der Waals surface area contributed by atoms with Gasteiger partial charge in [0.15, 0.2) is 0 Å². The molecule has 0 amide bonds. The van der Waals surface area contributed by atoms with Crippen LogP contribution in [0.15, 0.2) is 29.6 Å². The molecule has 2 nitrogen and oxygen atoms in total. The van der Waals surface area contributed by atoms with E-state index in [0.717, 1.165) is 18.1 Å². The van der Waals surface area contributed by atoms with Gasteiger partial charge in [0, 0.05) is 23.3 Å². The molecule has 17 heavy (non-hydrogen) atoms. The third-order valence-corrected chi connectivity index (χ3v) is 3.97. The quantitative estimate of drug-likeness (QED) is 0.820. The molecule has 0 saturated heterocycles. The molecule has 0 N–H and O–H groups in total. The maximum atomic E-state index is 5.36. The van der Waals surface area contributed by atoms with Gasteiger partial charge in [-0.1, -0.05) is 18.2 Å². The van der Waals surface area contributed by atoms with Crippen LogP contribution in [0.4, 0.5) is 0 Å². The van der Waals surface area contributed by atoms with Crippen LogP contribution >= 0.6 is 11.3 Å². The van der Waals surface area contributed by atoms with Gasteiger partial charge in [0.2, 0.25) is 0 Å². The summed E-state index contributed by atoms with van der Waals surface area (Å²) in [6, 6.07) is 8.16. The summed E-state index contributed by atoms with van der Waals surface area (Å²) in [7, 11) is 1.72. The Morgan fingerprint density at radius 1 is 1.35 bits per heavy atom. The van der Waals surface area contributed by atoms with Crippen LogP contribution in [-0.2, 0) is 6.42 Å². The molecule has 1 aliphatic rings. The van der Waals surface area contributed by atoms with Crippen molar-refractivity contribution in [1.82, 2.24) is 4.98 Å². The fourth-order valence-corrected chi connectivity index (χ4v) is 2.88. The molecule has 3 heteroatoms. The van der Waals surface area contributed by atoms with Crippen molar-refractivity contribution in [2.75, 3.05) is 7.11 Å². The van der Waals surface area contributed by atoms with Crippen LogP contribution in [0.1, 0.15) is 35.0 Å². The lowest BCUT2D eigenvalue weighted by atomic mass is 10.1. The highest BCUT2D eigenvalue weighted by molar-refractivity contribution is 7.09. The highest BCUT2D eigenvalue weighted by Crippen LogP contribution is 2.40. The van der Waals surface area contributed by atoms with Gasteiger partial charge in [-0.2, -0.15) is 0 Å². The van der Waals surface area contributed by atoms with E-state index in [-0.39, 0.29) is 0 Å². The average molecular weight is 245 g/mol. The van der Waals surface area contributed by atoms with Gasteiger partial charge >= 0.3 is 0 Å². The van der Waals surface area contributed by atoms with E-state index < -0.39 is 0 Å². The molecule has 1 aromatic carbocycles. The maximum absolute atomic E-state index is 5.36. The summed E-state index contributed by atoms with van der Waals surface area (Å²) in [4.78, 5) is 4.71. The zero-order valence-electron chi connectivity index (χ0n) is 9.85. The lowest BCUT2D eigenvalue weighted by molar-refractivity contribution is 0.410. The topological polar surface area (TPSA) is 22.1 Å². The number of aromatic nitrogens is 1. The third-order valence-electron chi connectivity index (χ3n) is 3.10. The molecular weight excluding hydrogens is 230 g/mol. The lowest BCUT2D eigenvalue weighted by Crippen LogP contribution is -1.93. The predicted octanol–water partition coefficient (Wildman–Crippen LogP) is 3.62. The molecule has 0 bridgehead atoms. The summed E-state index contributed by atoms with van der Waals surface area (Å²) < 4.78 is 5.36. The van der Waals surface area contributed by atoms with E-state index in [4.69, 9.17) is 9.72 Å². The van der Waals surface area contributed by atoms with Crippen molar-refractivity contribution in [3.8, 4) is 5.75 Å². The molecule has 1 aromatic heterocycles. The van der Waals surface area contributed by atoms with Crippen LogP contribution in [0.3, 0.4) is 0 Å². The number of hydrogen-bond acceptors (Lipinski definition) is 3. The average Bonchev–Trinajstić information content (AvgIpc) is 3.11. The minimum atomic E-state index is 0.748. The highest BCUT2D eigenvalue weighted by atomic mass is 32.1. The standard InChI is InChI=1S/C14H15NOS/c1-16-13-5-3-2-4-11(13)8-14-15-12(9-17-14)10-6-7-10/h2-5,9-10H,6-8H2,1H3. The second-order valence-corrected chi connectivity index (χ2v) is 5.37. The minimum Gasteiger partial charge on any atom is -0.496 e. The van der Waals surface area contributed by atoms with E-state index in [9.17, 15) is 0 Å². The molecule has 88 valence electrons. The summed E-state index contributed by atoms with van der Waals surface area (Å²) in [5.74, 6) is 1.70. The van der Waals surface area contributed by atoms with E-state index in [0.29, 0.717) is 0 Å². The van der Waals surface area contributed by atoms with Gasteiger partial charge in [-0.25, -0.2) is 4.98 Å². The van der Waals surface area contributed by atoms with Crippen molar-refractivity contribution in [2.45, 2.75) is 25.2 Å². The second kappa shape index (κ2) is 4.49. The normalized spacial score (nSPS) is 14.9. The van der Waals surface area contributed by atoms with Gasteiger partial charge in [-0.05, 0) is 18.9 Å². The zero-order chi connectivity index (χ0) is 11.7. The summed E-state index contributed by atoms with van der Waals surface area (Å²) >= 11 is 1.77. The van der Waals surface area contributed by atoms with E-state index in [2.05, 4.69) is 11.4 Å². The number of thiazole rings is 1. The van der Waals surface area contributed by atoms with Crippen LogP contribution in [0, 0.1) is 0 Å². The molecule has 0 unspecified atom stereocenters. The zero-order valence-corrected chi connectivity index (χ0v) is 10.7. The second-order valence-electron chi connectivity index (χ2n) is 4.43. The Morgan fingerprint density at radius 3 is 2.94 bits per heavy atom. The van der Waals surface area contributed by atoms with Crippen LogP contribution in [-0.4, -0.2) is 12.1 Å². The Morgan fingerprint density at radius 2 is 2.18 bits per heavy atom. The molecular formula is C14H15NOS. The number of methoxy groups -OCH3 is 1. The first-order chi connectivity index (χ1) is 8.36. The fraction of sp³-hybridized carbons (Fsp3) is 0.357. The summed E-state index contributed by atoms with van der Waals surface area (Å²) in [6.45, 7) is 0. The number of nitrogens with zero attached hydrogens (tertiary/aromatic N) is 1. The molecule has 1 aliphatic carbocycles. The molecule has 0 spiro atoms. The summed E-state index contributed by atoms with van der Waals surface area (Å²) in [5.41, 5.74) is 2.51. The van der Waals surface area contributed by atoms with Gasteiger partial charge in [-0.15, -0.1) is 11.3 Å². The van der Waals surface area contributed by atoms with Crippen molar-refractivity contribution in [3.63, 3.8) is 0 Å². The van der Waals surface area contributed by atoms with Crippen LogP contribution < -0.4 is 4.74 Å². The minimum absolute atomic E-state index is 0.748.